The SMILES string of the molecule is N#Cc1cccc(-c2cc3c(C4CC4)c4s[nH]c(=O)c4c(=O)n3cc2F)c1. The molecule has 5 nitrogen and oxygen atoms in total. The van der Waals surface area contributed by atoms with Crippen molar-refractivity contribution in [2.75, 3.05) is 0 Å². The van der Waals surface area contributed by atoms with Gasteiger partial charge < -0.3 is 0 Å². The first-order valence-electron chi connectivity index (χ1n) is 8.48. The molecule has 1 saturated carbocycles. The van der Waals surface area contributed by atoms with Crippen LogP contribution >= 0.6 is 11.5 Å². The van der Waals surface area contributed by atoms with Crippen molar-refractivity contribution in [3.05, 3.63) is 74.2 Å². The van der Waals surface area contributed by atoms with Crippen LogP contribution in [0.2, 0.25) is 0 Å². The van der Waals surface area contributed by atoms with E-state index >= 15 is 0 Å². The third-order valence-corrected chi connectivity index (χ3v) is 5.90. The molecule has 1 fully saturated rings. The van der Waals surface area contributed by atoms with E-state index in [-0.39, 0.29) is 11.3 Å². The molecule has 0 radical (unpaired) electrons. The number of nitriles is 1. The van der Waals surface area contributed by atoms with E-state index < -0.39 is 16.9 Å². The van der Waals surface area contributed by atoms with Gasteiger partial charge in [0.05, 0.1) is 21.8 Å². The number of pyridine rings is 2. The van der Waals surface area contributed by atoms with Crippen LogP contribution in [-0.2, 0) is 0 Å². The third-order valence-electron chi connectivity index (χ3n) is 4.98. The Morgan fingerprint density at radius 2 is 2.07 bits per heavy atom. The van der Waals surface area contributed by atoms with E-state index in [1.807, 2.05) is 0 Å². The lowest BCUT2D eigenvalue weighted by atomic mass is 10.0. The number of nitrogens with zero attached hydrogens (tertiary/aromatic N) is 2. The first-order valence-corrected chi connectivity index (χ1v) is 9.29. The maximum atomic E-state index is 14.9. The Kier molecular flexibility index (Phi) is 3.33. The van der Waals surface area contributed by atoms with Crippen LogP contribution in [0.4, 0.5) is 4.39 Å². The van der Waals surface area contributed by atoms with Crippen molar-refractivity contribution >= 4 is 27.1 Å². The topological polar surface area (TPSA) is 78.1 Å². The van der Waals surface area contributed by atoms with Crippen molar-refractivity contribution < 1.29 is 4.39 Å². The van der Waals surface area contributed by atoms with E-state index in [0.29, 0.717) is 26.9 Å². The van der Waals surface area contributed by atoms with Crippen LogP contribution in [0.25, 0.3) is 26.7 Å². The summed E-state index contributed by atoms with van der Waals surface area (Å²) in [7, 11) is 0. The van der Waals surface area contributed by atoms with E-state index in [2.05, 4.69) is 10.4 Å². The van der Waals surface area contributed by atoms with Gasteiger partial charge in [-0.1, -0.05) is 23.7 Å². The van der Waals surface area contributed by atoms with Crippen molar-refractivity contribution in [2.45, 2.75) is 18.8 Å². The highest BCUT2D eigenvalue weighted by Crippen LogP contribution is 2.45. The van der Waals surface area contributed by atoms with Gasteiger partial charge in [-0.25, -0.2) is 4.39 Å². The highest BCUT2D eigenvalue weighted by Gasteiger charge is 2.31. The van der Waals surface area contributed by atoms with Gasteiger partial charge in [0, 0.05) is 11.8 Å². The number of aromatic nitrogens is 2. The molecule has 1 N–H and O–H groups in total. The number of fused-ring (bicyclic) bond motifs is 2. The predicted octanol–water partition coefficient (Wildman–Crippen LogP) is 3.76. The van der Waals surface area contributed by atoms with Gasteiger partial charge in [0.25, 0.3) is 11.1 Å². The summed E-state index contributed by atoms with van der Waals surface area (Å²) < 4.78 is 19.4. The Morgan fingerprint density at radius 1 is 1.26 bits per heavy atom. The zero-order chi connectivity index (χ0) is 18.7. The molecule has 0 unspecified atom stereocenters. The molecule has 1 aromatic carbocycles. The standard InChI is InChI=1S/C20H12FN3O2S/c21-14-9-24-15(7-13(14)12-3-1-2-10(6-12)8-22)16(11-4-5-11)18-17(20(24)26)19(25)23-27-18/h1-3,6-7,9,11H,4-5H2,(H,23,25). The largest absolute Gasteiger partial charge is 0.280 e. The van der Waals surface area contributed by atoms with E-state index in [4.69, 9.17) is 5.26 Å². The minimum absolute atomic E-state index is 0.0954. The van der Waals surface area contributed by atoms with Gasteiger partial charge in [0.1, 0.15) is 11.2 Å². The smallest absolute Gasteiger partial charge is 0.271 e. The maximum absolute atomic E-state index is 14.9. The molecule has 1 aliphatic rings. The van der Waals surface area contributed by atoms with Gasteiger partial charge in [0.15, 0.2) is 0 Å². The fourth-order valence-electron chi connectivity index (χ4n) is 3.57. The molecule has 7 heteroatoms. The fraction of sp³-hybridized carbons (Fsp3) is 0.150. The number of halogens is 1. The highest BCUT2D eigenvalue weighted by molar-refractivity contribution is 7.13. The van der Waals surface area contributed by atoms with Crippen molar-refractivity contribution in [2.24, 2.45) is 0 Å². The molecule has 0 saturated heterocycles. The number of hydrogen-bond donors (Lipinski definition) is 1. The Bertz CT molecular complexity index is 1400. The molecular formula is C20H12FN3O2S. The molecule has 3 heterocycles. The molecule has 0 bridgehead atoms. The van der Waals surface area contributed by atoms with Gasteiger partial charge in [-0.2, -0.15) is 5.26 Å². The Balaban J connectivity index is 1.92. The lowest BCUT2D eigenvalue weighted by Gasteiger charge is -2.12. The first-order chi connectivity index (χ1) is 13.1. The third kappa shape index (κ3) is 2.34. The molecule has 4 aromatic rings. The molecule has 0 amide bonds. The van der Waals surface area contributed by atoms with Crippen LogP contribution in [0.1, 0.15) is 29.9 Å². The Hall–Kier alpha value is -3.24. The van der Waals surface area contributed by atoms with Crippen LogP contribution in [0.3, 0.4) is 0 Å². The van der Waals surface area contributed by atoms with E-state index in [1.54, 1.807) is 30.3 Å². The molecule has 5 rings (SSSR count). The quantitative estimate of drug-likeness (QED) is 0.578. The van der Waals surface area contributed by atoms with Crippen LogP contribution in [0.5, 0.6) is 0 Å². The summed E-state index contributed by atoms with van der Waals surface area (Å²) in [6.45, 7) is 0. The fourth-order valence-corrected chi connectivity index (χ4v) is 4.53. The summed E-state index contributed by atoms with van der Waals surface area (Å²) in [6.07, 6.45) is 3.10. The number of aromatic amines is 1. The number of H-pyrrole nitrogens is 1. The summed E-state index contributed by atoms with van der Waals surface area (Å²) in [5, 5.41) is 9.21. The number of nitrogens with one attached hydrogen (secondary N) is 1. The van der Waals surface area contributed by atoms with E-state index in [1.165, 1.54) is 4.40 Å². The summed E-state index contributed by atoms with van der Waals surface area (Å²) in [6, 6.07) is 10.4. The summed E-state index contributed by atoms with van der Waals surface area (Å²) >= 11 is 1.16. The summed E-state index contributed by atoms with van der Waals surface area (Å²) in [5.41, 5.74) is 1.94. The van der Waals surface area contributed by atoms with Crippen LogP contribution in [0, 0.1) is 17.1 Å². The molecule has 1 aliphatic carbocycles. The molecule has 0 atom stereocenters. The summed E-state index contributed by atoms with van der Waals surface area (Å²) in [5.74, 6) is -0.314. The van der Waals surface area contributed by atoms with Gasteiger partial charge in [-0.05, 0) is 48.1 Å². The first kappa shape index (κ1) is 16.0. The second kappa shape index (κ2) is 5.63. The number of benzene rings is 1. The predicted molar refractivity (Wildman–Crippen MR) is 102 cm³/mol. The molecule has 132 valence electrons. The Morgan fingerprint density at radius 3 is 2.81 bits per heavy atom. The molecular weight excluding hydrogens is 365 g/mol. The van der Waals surface area contributed by atoms with Crippen LogP contribution < -0.4 is 11.1 Å². The monoisotopic (exact) mass is 377 g/mol. The lowest BCUT2D eigenvalue weighted by Crippen LogP contribution is -2.20. The minimum Gasteiger partial charge on any atom is -0.280 e. The normalized spacial score (nSPS) is 13.9. The van der Waals surface area contributed by atoms with Gasteiger partial charge in [-0.15, -0.1) is 0 Å². The van der Waals surface area contributed by atoms with Gasteiger partial charge in [0.2, 0.25) is 0 Å². The average Bonchev–Trinajstić information content (AvgIpc) is 3.44. The molecule has 0 spiro atoms. The molecule has 3 aromatic heterocycles. The highest BCUT2D eigenvalue weighted by atomic mass is 32.1. The van der Waals surface area contributed by atoms with Crippen molar-refractivity contribution in [1.29, 1.82) is 5.26 Å². The van der Waals surface area contributed by atoms with Crippen molar-refractivity contribution in [3.63, 3.8) is 0 Å². The van der Waals surface area contributed by atoms with E-state index in [9.17, 15) is 14.0 Å². The average molecular weight is 377 g/mol. The maximum Gasteiger partial charge on any atom is 0.271 e. The zero-order valence-corrected chi connectivity index (χ0v) is 14.8. The second-order valence-corrected chi connectivity index (χ2v) is 7.53. The van der Waals surface area contributed by atoms with Gasteiger partial charge in [-0.3, -0.25) is 18.4 Å². The second-order valence-electron chi connectivity index (χ2n) is 6.71. The van der Waals surface area contributed by atoms with Crippen LogP contribution in [0.15, 0.2) is 46.1 Å². The Labute approximate surface area is 156 Å². The van der Waals surface area contributed by atoms with Crippen molar-refractivity contribution in [1.82, 2.24) is 8.77 Å². The lowest BCUT2D eigenvalue weighted by molar-refractivity contribution is 0.621. The number of rotatable bonds is 2. The van der Waals surface area contributed by atoms with Crippen molar-refractivity contribution in [3.8, 4) is 17.2 Å². The summed E-state index contributed by atoms with van der Waals surface area (Å²) in [4.78, 5) is 24.9. The number of hydrogen-bond acceptors (Lipinski definition) is 4. The zero-order valence-electron chi connectivity index (χ0n) is 14.0. The molecule has 0 aliphatic heterocycles. The molecule has 27 heavy (non-hydrogen) atoms. The van der Waals surface area contributed by atoms with Crippen LogP contribution in [-0.4, -0.2) is 8.77 Å². The van der Waals surface area contributed by atoms with Gasteiger partial charge >= 0.3 is 0 Å². The van der Waals surface area contributed by atoms with E-state index in [0.717, 1.165) is 36.1 Å². The minimum atomic E-state index is -0.576.